The molecule has 5 heterocycles. The van der Waals surface area contributed by atoms with Crippen LogP contribution in [0.2, 0.25) is 0 Å². The van der Waals surface area contributed by atoms with Crippen molar-refractivity contribution in [1.82, 2.24) is 43.6 Å². The van der Waals surface area contributed by atoms with Crippen LogP contribution in [-0.2, 0) is 20.6 Å². The number of hydrogen-bond acceptors (Lipinski definition) is 5. The molecule has 0 saturated carbocycles. The summed E-state index contributed by atoms with van der Waals surface area (Å²) < 4.78 is 7.45. The molecule has 0 radical (unpaired) electrons. The molecule has 1 atom stereocenters. The monoisotopic (exact) mass is 365 g/mol. The summed E-state index contributed by atoms with van der Waals surface area (Å²) in [5, 5.41) is 17.2. The molecule has 0 aliphatic carbocycles. The third-order valence-corrected chi connectivity index (χ3v) is 5.04. The van der Waals surface area contributed by atoms with Crippen LogP contribution in [0.4, 0.5) is 0 Å². The number of imidazole rings is 1. The van der Waals surface area contributed by atoms with Gasteiger partial charge >= 0.3 is 0 Å². The molecule has 10 heteroatoms. The number of aryl methyl sites for hydroxylation is 2. The van der Waals surface area contributed by atoms with Crippen molar-refractivity contribution in [2.24, 2.45) is 14.1 Å². The molecule has 1 aliphatic rings. The first-order valence-electron chi connectivity index (χ1n) is 8.73. The summed E-state index contributed by atoms with van der Waals surface area (Å²) in [4.78, 5) is 15.0. The van der Waals surface area contributed by atoms with Gasteiger partial charge in [-0.2, -0.15) is 10.2 Å². The number of hydrogen-bond donors (Lipinski definition) is 0. The summed E-state index contributed by atoms with van der Waals surface area (Å²) in [5.74, 6) is 1.51. The second-order valence-electron chi connectivity index (χ2n) is 6.98. The molecule has 0 aromatic carbocycles. The molecular weight excluding hydrogens is 346 g/mol. The lowest BCUT2D eigenvalue weighted by molar-refractivity contribution is 0.0683. The van der Waals surface area contributed by atoms with Crippen molar-refractivity contribution in [2.45, 2.75) is 19.5 Å². The smallest absolute Gasteiger partial charge is 0.259 e. The Morgan fingerprint density at radius 1 is 1.15 bits per heavy atom. The summed E-state index contributed by atoms with van der Waals surface area (Å²) in [6.45, 7) is 3.07. The van der Waals surface area contributed by atoms with Gasteiger partial charge in [0.15, 0.2) is 11.6 Å². The standard InChI is InChI=1S/C17H19N9O/c1-11-8-24(17(27)13-7-19-25-5-4-22(2)16(13)25)10-14-20-21-15(26(11)14)12-6-18-23(3)9-12/h4-7,9,11H,8,10H2,1-3H3/t11-/m0/s1. The lowest BCUT2D eigenvalue weighted by Crippen LogP contribution is -2.40. The summed E-state index contributed by atoms with van der Waals surface area (Å²) >= 11 is 0. The molecule has 1 amide bonds. The Morgan fingerprint density at radius 3 is 2.78 bits per heavy atom. The predicted octanol–water partition coefficient (Wildman–Crippen LogP) is 0.882. The second-order valence-corrected chi connectivity index (χ2v) is 6.98. The SMILES string of the molecule is C[C@H]1CN(C(=O)c2cnn3ccn(C)c23)Cc2nnc(-c3cnn(C)c3)n21. The van der Waals surface area contributed by atoms with E-state index in [-0.39, 0.29) is 11.9 Å². The number of fused-ring (bicyclic) bond motifs is 2. The molecule has 0 bridgehead atoms. The van der Waals surface area contributed by atoms with Gasteiger partial charge in [-0.3, -0.25) is 9.48 Å². The largest absolute Gasteiger partial charge is 0.334 e. The van der Waals surface area contributed by atoms with E-state index in [0.717, 1.165) is 22.9 Å². The lowest BCUT2D eigenvalue weighted by atomic mass is 10.1. The average Bonchev–Trinajstić information content (AvgIpc) is 3.39. The van der Waals surface area contributed by atoms with Crippen LogP contribution in [0.3, 0.4) is 0 Å². The van der Waals surface area contributed by atoms with Gasteiger partial charge in [-0.25, -0.2) is 4.52 Å². The zero-order chi connectivity index (χ0) is 18.7. The van der Waals surface area contributed by atoms with Crippen molar-refractivity contribution < 1.29 is 4.79 Å². The van der Waals surface area contributed by atoms with Crippen molar-refractivity contribution >= 4 is 11.6 Å². The van der Waals surface area contributed by atoms with Gasteiger partial charge in [0.25, 0.3) is 5.91 Å². The van der Waals surface area contributed by atoms with Gasteiger partial charge < -0.3 is 14.0 Å². The third kappa shape index (κ3) is 2.29. The Kier molecular flexibility index (Phi) is 3.24. The van der Waals surface area contributed by atoms with Gasteiger partial charge in [0, 0.05) is 39.2 Å². The predicted molar refractivity (Wildman–Crippen MR) is 95.8 cm³/mol. The topological polar surface area (TPSA) is 91.1 Å². The van der Waals surface area contributed by atoms with E-state index in [2.05, 4.69) is 31.9 Å². The number of amides is 1. The van der Waals surface area contributed by atoms with E-state index in [9.17, 15) is 4.79 Å². The van der Waals surface area contributed by atoms with Gasteiger partial charge in [0.05, 0.1) is 30.5 Å². The molecule has 0 N–H and O–H groups in total. The first-order valence-corrected chi connectivity index (χ1v) is 8.73. The van der Waals surface area contributed by atoms with E-state index < -0.39 is 0 Å². The van der Waals surface area contributed by atoms with Crippen LogP contribution in [0.15, 0.2) is 31.0 Å². The Morgan fingerprint density at radius 2 is 2.00 bits per heavy atom. The number of carbonyl (C=O) groups is 1. The highest BCUT2D eigenvalue weighted by atomic mass is 16.2. The fourth-order valence-electron chi connectivity index (χ4n) is 3.79. The normalized spacial score (nSPS) is 16.9. The van der Waals surface area contributed by atoms with E-state index in [1.807, 2.05) is 42.2 Å². The number of rotatable bonds is 2. The molecule has 0 saturated heterocycles. The molecule has 138 valence electrons. The highest BCUT2D eigenvalue weighted by molar-refractivity contribution is 5.99. The van der Waals surface area contributed by atoms with Crippen LogP contribution < -0.4 is 0 Å². The van der Waals surface area contributed by atoms with Crippen LogP contribution in [0.25, 0.3) is 17.0 Å². The molecule has 4 aromatic heterocycles. The summed E-state index contributed by atoms with van der Waals surface area (Å²) in [7, 11) is 3.78. The molecule has 10 nitrogen and oxygen atoms in total. The summed E-state index contributed by atoms with van der Waals surface area (Å²) in [6.07, 6.45) is 9.04. The lowest BCUT2D eigenvalue weighted by Gasteiger charge is -2.32. The van der Waals surface area contributed by atoms with Crippen LogP contribution in [0.5, 0.6) is 0 Å². The fourth-order valence-corrected chi connectivity index (χ4v) is 3.79. The van der Waals surface area contributed by atoms with Crippen LogP contribution in [0, 0.1) is 0 Å². The highest BCUT2D eigenvalue weighted by Gasteiger charge is 2.31. The Hall–Kier alpha value is -3.43. The molecule has 1 aliphatic heterocycles. The minimum atomic E-state index is -0.0455. The van der Waals surface area contributed by atoms with E-state index in [1.54, 1.807) is 21.6 Å². The van der Waals surface area contributed by atoms with E-state index in [4.69, 9.17) is 0 Å². The van der Waals surface area contributed by atoms with Gasteiger partial charge in [-0.1, -0.05) is 0 Å². The quantitative estimate of drug-likeness (QED) is 0.526. The van der Waals surface area contributed by atoms with Crippen molar-refractivity contribution in [1.29, 1.82) is 0 Å². The van der Waals surface area contributed by atoms with Crippen LogP contribution in [-0.4, -0.2) is 56.1 Å². The zero-order valence-corrected chi connectivity index (χ0v) is 15.3. The molecule has 0 spiro atoms. The number of nitrogens with zero attached hydrogens (tertiary/aromatic N) is 9. The Labute approximate surface area is 154 Å². The maximum absolute atomic E-state index is 13.1. The summed E-state index contributed by atoms with van der Waals surface area (Å²) in [5.41, 5.74) is 2.30. The first kappa shape index (κ1) is 15.8. The fraction of sp³-hybridized carbons (Fsp3) is 0.353. The molecule has 27 heavy (non-hydrogen) atoms. The minimum absolute atomic E-state index is 0.0455. The van der Waals surface area contributed by atoms with Crippen molar-refractivity contribution in [2.75, 3.05) is 6.54 Å². The van der Waals surface area contributed by atoms with E-state index >= 15 is 0 Å². The average molecular weight is 365 g/mol. The minimum Gasteiger partial charge on any atom is -0.334 e. The van der Waals surface area contributed by atoms with Crippen molar-refractivity contribution in [3.63, 3.8) is 0 Å². The zero-order valence-electron chi connectivity index (χ0n) is 15.3. The van der Waals surface area contributed by atoms with Crippen molar-refractivity contribution in [3.8, 4) is 11.4 Å². The van der Waals surface area contributed by atoms with Crippen molar-refractivity contribution in [3.05, 3.63) is 42.4 Å². The molecule has 4 aromatic rings. The third-order valence-electron chi connectivity index (χ3n) is 5.04. The van der Waals surface area contributed by atoms with Gasteiger partial charge in [0.1, 0.15) is 11.2 Å². The highest BCUT2D eigenvalue weighted by Crippen LogP contribution is 2.28. The van der Waals surface area contributed by atoms with Gasteiger partial charge in [0.2, 0.25) is 0 Å². The van der Waals surface area contributed by atoms with E-state index in [1.165, 1.54) is 0 Å². The Bertz CT molecular complexity index is 1160. The first-order chi connectivity index (χ1) is 13.0. The number of carbonyl (C=O) groups excluding carboxylic acids is 1. The Balaban J connectivity index is 1.49. The van der Waals surface area contributed by atoms with Crippen LogP contribution >= 0.6 is 0 Å². The maximum Gasteiger partial charge on any atom is 0.259 e. The van der Waals surface area contributed by atoms with Gasteiger partial charge in [-0.05, 0) is 6.92 Å². The summed E-state index contributed by atoms with van der Waals surface area (Å²) in [6, 6.07) is 0.0578. The van der Waals surface area contributed by atoms with E-state index in [0.29, 0.717) is 18.7 Å². The molecule has 0 unspecified atom stereocenters. The van der Waals surface area contributed by atoms with Gasteiger partial charge in [-0.15, -0.1) is 10.2 Å². The maximum atomic E-state index is 13.1. The molecule has 0 fully saturated rings. The molecular formula is C17H19N9O. The van der Waals surface area contributed by atoms with Crippen LogP contribution in [0.1, 0.15) is 29.1 Å². The second kappa shape index (κ2) is 5.53. The molecule has 5 rings (SSSR count). The number of aromatic nitrogens is 8.